The Labute approximate surface area is 94.2 Å². The Morgan fingerprint density at radius 3 is 2.69 bits per heavy atom. The first-order valence-electron chi connectivity index (χ1n) is 4.84. The number of nitrogens with two attached hydrogens (primary N) is 2. The third kappa shape index (κ3) is 3.65. The molecule has 1 aromatic carbocycles. The van der Waals surface area contributed by atoms with Crippen LogP contribution in [-0.4, -0.2) is 6.61 Å². The summed E-state index contributed by atoms with van der Waals surface area (Å²) in [7, 11) is 0. The van der Waals surface area contributed by atoms with Crippen molar-refractivity contribution in [1.82, 2.24) is 0 Å². The molecule has 0 heterocycles. The average Bonchev–Trinajstić information content (AvgIpc) is 2.23. The standard InChI is InChI=1S/C12H15FN2O/c1-9-4-11(13)6-12(5-9)16-8-10(7-15)2-3-14/h2-7H,8,14-15H2,1H3/b3-2-,10-7?. The van der Waals surface area contributed by atoms with Crippen molar-refractivity contribution < 1.29 is 9.13 Å². The Hall–Kier alpha value is -1.97. The molecule has 0 unspecified atom stereocenters. The quantitative estimate of drug-likeness (QED) is 0.764. The molecule has 0 saturated carbocycles. The van der Waals surface area contributed by atoms with E-state index in [1.54, 1.807) is 19.1 Å². The zero-order valence-electron chi connectivity index (χ0n) is 9.11. The van der Waals surface area contributed by atoms with Crippen molar-refractivity contribution in [2.24, 2.45) is 11.5 Å². The van der Waals surface area contributed by atoms with Gasteiger partial charge in [-0.15, -0.1) is 0 Å². The number of ether oxygens (including phenoxy) is 1. The molecule has 0 spiro atoms. The van der Waals surface area contributed by atoms with Crippen LogP contribution in [0.3, 0.4) is 0 Å². The zero-order chi connectivity index (χ0) is 12.0. The van der Waals surface area contributed by atoms with Gasteiger partial charge in [0.25, 0.3) is 0 Å². The maximum absolute atomic E-state index is 13.0. The van der Waals surface area contributed by atoms with Crippen LogP contribution in [0.4, 0.5) is 4.39 Å². The van der Waals surface area contributed by atoms with Gasteiger partial charge in [-0.1, -0.05) is 0 Å². The molecule has 0 fully saturated rings. The van der Waals surface area contributed by atoms with Crippen LogP contribution in [0.5, 0.6) is 5.75 Å². The van der Waals surface area contributed by atoms with Crippen LogP contribution in [0.2, 0.25) is 0 Å². The molecule has 0 amide bonds. The highest BCUT2D eigenvalue weighted by molar-refractivity contribution is 5.29. The van der Waals surface area contributed by atoms with Crippen LogP contribution in [0.25, 0.3) is 0 Å². The first-order chi connectivity index (χ1) is 7.65. The number of benzene rings is 1. The molecule has 0 radical (unpaired) electrons. The van der Waals surface area contributed by atoms with E-state index in [0.717, 1.165) is 11.1 Å². The van der Waals surface area contributed by atoms with Crippen molar-refractivity contribution in [3.8, 4) is 5.75 Å². The van der Waals surface area contributed by atoms with Gasteiger partial charge < -0.3 is 16.2 Å². The van der Waals surface area contributed by atoms with Gasteiger partial charge in [-0.3, -0.25) is 0 Å². The highest BCUT2D eigenvalue weighted by atomic mass is 19.1. The molecular formula is C12H15FN2O. The lowest BCUT2D eigenvalue weighted by atomic mass is 10.2. The van der Waals surface area contributed by atoms with E-state index in [9.17, 15) is 4.39 Å². The van der Waals surface area contributed by atoms with E-state index in [1.807, 2.05) is 0 Å². The lowest BCUT2D eigenvalue weighted by Crippen LogP contribution is -2.02. The SMILES string of the molecule is Cc1cc(F)cc(OCC(=CN)/C=C\N)c1. The Morgan fingerprint density at radius 2 is 2.12 bits per heavy atom. The summed E-state index contributed by atoms with van der Waals surface area (Å²) in [6.45, 7) is 2.06. The van der Waals surface area contributed by atoms with Crippen LogP contribution in [0.15, 0.2) is 42.2 Å². The second kappa shape index (κ2) is 5.80. The second-order valence-electron chi connectivity index (χ2n) is 3.35. The summed E-state index contributed by atoms with van der Waals surface area (Å²) in [5, 5.41) is 0. The predicted molar refractivity (Wildman–Crippen MR) is 62.2 cm³/mol. The topological polar surface area (TPSA) is 61.3 Å². The molecule has 0 bridgehead atoms. The van der Waals surface area contributed by atoms with E-state index < -0.39 is 0 Å². The van der Waals surface area contributed by atoms with Gasteiger partial charge in [0, 0.05) is 17.8 Å². The number of rotatable bonds is 4. The first-order valence-corrected chi connectivity index (χ1v) is 4.84. The summed E-state index contributed by atoms with van der Waals surface area (Å²) in [5.41, 5.74) is 12.1. The summed E-state index contributed by atoms with van der Waals surface area (Å²) in [4.78, 5) is 0. The maximum Gasteiger partial charge on any atom is 0.127 e. The molecule has 0 aromatic heterocycles. The second-order valence-corrected chi connectivity index (χ2v) is 3.35. The van der Waals surface area contributed by atoms with Gasteiger partial charge in [-0.2, -0.15) is 0 Å². The molecule has 0 atom stereocenters. The molecule has 0 saturated heterocycles. The summed E-state index contributed by atoms with van der Waals surface area (Å²) < 4.78 is 18.4. The van der Waals surface area contributed by atoms with E-state index in [2.05, 4.69) is 0 Å². The molecule has 0 aliphatic rings. The molecule has 16 heavy (non-hydrogen) atoms. The lowest BCUT2D eigenvalue weighted by molar-refractivity contribution is 0.353. The monoisotopic (exact) mass is 222 g/mol. The van der Waals surface area contributed by atoms with Gasteiger partial charge in [-0.05, 0) is 36.9 Å². The normalized spacial score (nSPS) is 12.0. The Balaban J connectivity index is 2.67. The van der Waals surface area contributed by atoms with Gasteiger partial charge >= 0.3 is 0 Å². The summed E-state index contributed by atoms with van der Waals surface area (Å²) in [5.74, 6) is 0.157. The van der Waals surface area contributed by atoms with Crippen LogP contribution < -0.4 is 16.2 Å². The predicted octanol–water partition coefficient (Wildman–Crippen LogP) is 1.83. The minimum absolute atomic E-state index is 0.257. The lowest BCUT2D eigenvalue weighted by Gasteiger charge is -2.07. The van der Waals surface area contributed by atoms with Crippen molar-refractivity contribution >= 4 is 0 Å². The first kappa shape index (κ1) is 12.1. The average molecular weight is 222 g/mol. The largest absolute Gasteiger partial charge is 0.489 e. The minimum Gasteiger partial charge on any atom is -0.489 e. The third-order valence-electron chi connectivity index (χ3n) is 1.95. The van der Waals surface area contributed by atoms with Crippen LogP contribution in [0.1, 0.15) is 5.56 Å². The van der Waals surface area contributed by atoms with E-state index in [1.165, 1.54) is 24.5 Å². The van der Waals surface area contributed by atoms with E-state index in [-0.39, 0.29) is 12.4 Å². The van der Waals surface area contributed by atoms with Crippen molar-refractivity contribution in [3.05, 3.63) is 53.6 Å². The van der Waals surface area contributed by atoms with Crippen molar-refractivity contribution in [2.45, 2.75) is 6.92 Å². The molecule has 1 rings (SSSR count). The number of aryl methyl sites for hydroxylation is 1. The van der Waals surface area contributed by atoms with E-state index in [0.29, 0.717) is 5.75 Å². The highest BCUT2D eigenvalue weighted by Crippen LogP contribution is 2.16. The van der Waals surface area contributed by atoms with Gasteiger partial charge in [0.05, 0.1) is 0 Å². The smallest absolute Gasteiger partial charge is 0.127 e. The molecule has 4 N–H and O–H groups in total. The summed E-state index contributed by atoms with van der Waals surface area (Å²) in [6.07, 6.45) is 4.40. The molecule has 1 aromatic rings. The van der Waals surface area contributed by atoms with Crippen LogP contribution in [0, 0.1) is 12.7 Å². The van der Waals surface area contributed by atoms with Gasteiger partial charge in [0.1, 0.15) is 18.2 Å². The van der Waals surface area contributed by atoms with E-state index in [4.69, 9.17) is 16.2 Å². The number of halogens is 1. The number of hydrogen-bond acceptors (Lipinski definition) is 3. The fourth-order valence-electron chi connectivity index (χ4n) is 1.23. The van der Waals surface area contributed by atoms with Gasteiger partial charge in [0.2, 0.25) is 0 Å². The number of hydrogen-bond donors (Lipinski definition) is 2. The Morgan fingerprint density at radius 1 is 1.38 bits per heavy atom. The van der Waals surface area contributed by atoms with Crippen LogP contribution >= 0.6 is 0 Å². The Kier molecular flexibility index (Phi) is 4.39. The fourth-order valence-corrected chi connectivity index (χ4v) is 1.23. The minimum atomic E-state index is -0.317. The van der Waals surface area contributed by atoms with E-state index >= 15 is 0 Å². The molecular weight excluding hydrogens is 207 g/mol. The van der Waals surface area contributed by atoms with Crippen molar-refractivity contribution in [1.29, 1.82) is 0 Å². The maximum atomic E-state index is 13.0. The molecule has 4 heteroatoms. The van der Waals surface area contributed by atoms with Crippen molar-refractivity contribution in [3.63, 3.8) is 0 Å². The van der Waals surface area contributed by atoms with Gasteiger partial charge in [0.15, 0.2) is 0 Å². The molecule has 0 aliphatic heterocycles. The molecule has 3 nitrogen and oxygen atoms in total. The van der Waals surface area contributed by atoms with Crippen molar-refractivity contribution in [2.75, 3.05) is 6.61 Å². The summed E-state index contributed by atoms with van der Waals surface area (Å²) >= 11 is 0. The fraction of sp³-hybridized carbons (Fsp3) is 0.167. The third-order valence-corrected chi connectivity index (χ3v) is 1.95. The van der Waals surface area contributed by atoms with Crippen LogP contribution in [-0.2, 0) is 0 Å². The zero-order valence-corrected chi connectivity index (χ0v) is 9.11. The highest BCUT2D eigenvalue weighted by Gasteiger charge is 2.00. The van der Waals surface area contributed by atoms with Gasteiger partial charge in [-0.25, -0.2) is 4.39 Å². The Bertz CT molecular complexity index is 393. The molecule has 86 valence electrons. The summed E-state index contributed by atoms with van der Waals surface area (Å²) in [6, 6.07) is 4.52. The molecule has 0 aliphatic carbocycles.